The van der Waals surface area contributed by atoms with Crippen LogP contribution in [0, 0.1) is 12.3 Å². The minimum absolute atomic E-state index is 0.0779. The van der Waals surface area contributed by atoms with Crippen molar-refractivity contribution in [1.82, 2.24) is 15.1 Å². The molecular formula is C37H54N6O5+2. The first-order valence-electron chi connectivity index (χ1n) is 16.8. The molecule has 2 fully saturated rings. The minimum atomic E-state index is -1.04. The molecule has 260 valence electrons. The van der Waals surface area contributed by atoms with Gasteiger partial charge in [0.05, 0.1) is 11.1 Å². The number of likely N-dealkylation sites (N-methyl/N-ethyl adjacent to an activating group) is 1. The summed E-state index contributed by atoms with van der Waals surface area (Å²) in [5.74, 6) is -0.464. The standard InChI is InChI=1S/C37H52N6O5/c1-25-13-15-29(22-31(25)28-14-16-30(42(47)23-28)24-43(48)19-11-10-12-20-43)39-35(46)38-27(3)32(21-26(2)36(4,5)6)33(44)41-18-17-40(9)34(45)37(41,7)8/h13-16,21-23,48H,10-12,17-20,24H2,1-9H3,(H-2,38,39,44,46,47)/p+2/b26-21+. The van der Waals surface area contributed by atoms with Crippen molar-refractivity contribution in [2.75, 3.05) is 38.5 Å². The smallest absolute Gasteiger partial charge is 0.323 e. The predicted molar refractivity (Wildman–Crippen MR) is 185 cm³/mol. The number of quaternary nitrogens is 1. The van der Waals surface area contributed by atoms with Gasteiger partial charge in [0.1, 0.15) is 18.6 Å². The highest BCUT2D eigenvalue weighted by atomic mass is 16.5. The number of aryl methyl sites for hydroxylation is 1. The first-order chi connectivity index (χ1) is 22.3. The van der Waals surface area contributed by atoms with Crippen LogP contribution >= 0.6 is 0 Å². The number of likely N-dealkylation sites (tertiary alicyclic amines) is 1. The van der Waals surface area contributed by atoms with Crippen LogP contribution in [0.15, 0.2) is 59.4 Å². The van der Waals surface area contributed by atoms with Gasteiger partial charge in [0.15, 0.2) is 6.54 Å². The first kappa shape index (κ1) is 36.6. The number of piperazine rings is 1. The number of amides is 4. The number of nitrogens with zero attached hydrogens (tertiary/aromatic N) is 4. The van der Waals surface area contributed by atoms with Crippen LogP contribution in [0.2, 0.25) is 0 Å². The highest BCUT2D eigenvalue weighted by Gasteiger charge is 2.44. The van der Waals surface area contributed by atoms with Crippen molar-refractivity contribution in [2.45, 2.75) is 86.7 Å². The number of urea groups is 1. The van der Waals surface area contributed by atoms with Crippen LogP contribution in [0.3, 0.4) is 0 Å². The fourth-order valence-electron chi connectivity index (χ4n) is 6.25. The molecule has 2 aliphatic rings. The van der Waals surface area contributed by atoms with Crippen molar-refractivity contribution in [1.29, 1.82) is 0 Å². The average molecular weight is 663 g/mol. The Bertz CT molecular complexity index is 1630. The van der Waals surface area contributed by atoms with Gasteiger partial charge < -0.3 is 20.4 Å². The molecule has 11 heteroatoms. The Hall–Kier alpha value is -4.22. The molecule has 0 saturated carbocycles. The lowest BCUT2D eigenvalue weighted by molar-refractivity contribution is -1.12. The third-order valence-electron chi connectivity index (χ3n) is 9.85. The van der Waals surface area contributed by atoms with Crippen LogP contribution in [0.25, 0.3) is 11.1 Å². The van der Waals surface area contributed by atoms with E-state index >= 15 is 0 Å². The molecule has 4 rings (SSSR count). The van der Waals surface area contributed by atoms with Crippen molar-refractivity contribution in [3.05, 3.63) is 70.7 Å². The number of hydroxylamine groups is 3. The molecule has 0 spiro atoms. The van der Waals surface area contributed by atoms with Gasteiger partial charge in [-0.2, -0.15) is 4.65 Å². The van der Waals surface area contributed by atoms with Gasteiger partial charge >= 0.3 is 6.03 Å². The minimum Gasteiger partial charge on any atom is -0.342 e. The molecule has 0 unspecified atom stereocenters. The summed E-state index contributed by atoms with van der Waals surface area (Å²) in [5, 5.41) is 27.5. The molecule has 2 aliphatic heterocycles. The van der Waals surface area contributed by atoms with Crippen LogP contribution < -0.4 is 15.4 Å². The SMILES string of the molecule is C/C(NC(=O)Nc1ccc(C)c(-c2ccc(C[N+]3(O)CCCCC3)[n+](O)c2)c1)=C(\C=C(/C)C(C)(C)C)C(=O)N1CCN(C)C(=O)C1(C)C. The highest BCUT2D eigenvalue weighted by Crippen LogP contribution is 2.30. The van der Waals surface area contributed by atoms with Crippen LogP contribution in [0.5, 0.6) is 0 Å². The van der Waals surface area contributed by atoms with E-state index in [2.05, 4.69) is 31.4 Å². The molecule has 0 radical (unpaired) electrons. The van der Waals surface area contributed by atoms with Crippen molar-refractivity contribution in [3.8, 4) is 11.1 Å². The number of allylic oxidation sites excluding steroid dienone is 2. The van der Waals surface area contributed by atoms with E-state index in [1.807, 2.05) is 38.1 Å². The molecule has 0 atom stereocenters. The van der Waals surface area contributed by atoms with Gasteiger partial charge in [-0.1, -0.05) is 32.4 Å². The van der Waals surface area contributed by atoms with E-state index in [0.717, 1.165) is 46.3 Å². The first-order valence-corrected chi connectivity index (χ1v) is 16.8. The molecule has 1 aromatic heterocycles. The summed E-state index contributed by atoms with van der Waals surface area (Å²) in [6.07, 6.45) is 6.46. The molecule has 3 heterocycles. The summed E-state index contributed by atoms with van der Waals surface area (Å²) in [6, 6.07) is 8.73. The zero-order valence-electron chi connectivity index (χ0n) is 30.1. The molecule has 0 aliphatic carbocycles. The average Bonchev–Trinajstić information content (AvgIpc) is 3.00. The van der Waals surface area contributed by atoms with E-state index in [0.29, 0.717) is 55.4 Å². The van der Waals surface area contributed by atoms with Crippen LogP contribution in [-0.4, -0.2) is 81.5 Å². The number of pyridine rings is 1. The zero-order valence-corrected chi connectivity index (χ0v) is 30.1. The highest BCUT2D eigenvalue weighted by molar-refractivity contribution is 6.02. The Morgan fingerprint density at radius 2 is 1.73 bits per heavy atom. The van der Waals surface area contributed by atoms with E-state index in [1.54, 1.807) is 56.0 Å². The fourth-order valence-corrected chi connectivity index (χ4v) is 6.25. The van der Waals surface area contributed by atoms with Crippen molar-refractivity contribution in [2.24, 2.45) is 5.41 Å². The molecule has 2 aromatic rings. The molecule has 0 bridgehead atoms. The van der Waals surface area contributed by atoms with Gasteiger partial charge in [-0.05, 0) is 94.7 Å². The van der Waals surface area contributed by atoms with E-state index in [-0.39, 0.29) is 21.9 Å². The maximum atomic E-state index is 14.1. The Morgan fingerprint density at radius 1 is 1.06 bits per heavy atom. The Labute approximate surface area is 285 Å². The summed E-state index contributed by atoms with van der Waals surface area (Å²) in [6.45, 7) is 17.7. The number of carbonyl (C=O) groups excluding carboxylic acids is 3. The van der Waals surface area contributed by atoms with Gasteiger partial charge in [0, 0.05) is 42.3 Å². The second-order valence-electron chi connectivity index (χ2n) is 15.0. The molecule has 11 nitrogen and oxygen atoms in total. The lowest BCUT2D eigenvalue weighted by atomic mass is 9.86. The molecule has 4 amide bonds. The lowest BCUT2D eigenvalue weighted by Gasteiger charge is -2.45. The number of nitrogens with one attached hydrogen (secondary N) is 2. The summed E-state index contributed by atoms with van der Waals surface area (Å²) in [7, 11) is 1.74. The number of piperidine rings is 1. The largest absolute Gasteiger partial charge is 0.342 e. The van der Waals surface area contributed by atoms with Crippen molar-refractivity contribution in [3.63, 3.8) is 0 Å². The molecule has 4 N–H and O–H groups in total. The number of rotatable bonds is 7. The number of anilines is 1. The number of benzene rings is 1. The fraction of sp³-hybridized carbons (Fsp3) is 0.514. The number of hydrogen-bond donors (Lipinski definition) is 4. The van der Waals surface area contributed by atoms with E-state index < -0.39 is 11.6 Å². The summed E-state index contributed by atoms with van der Waals surface area (Å²) < 4.78 is 0.993. The third kappa shape index (κ3) is 8.25. The summed E-state index contributed by atoms with van der Waals surface area (Å²) in [4.78, 5) is 43.6. The monoisotopic (exact) mass is 662 g/mol. The van der Waals surface area contributed by atoms with Gasteiger partial charge in [0.2, 0.25) is 12.1 Å². The molecular weight excluding hydrogens is 608 g/mol. The number of hydrogen-bond acceptors (Lipinski definition) is 5. The Morgan fingerprint density at radius 3 is 2.35 bits per heavy atom. The Balaban J connectivity index is 1.57. The van der Waals surface area contributed by atoms with Crippen LogP contribution in [0.1, 0.15) is 79.0 Å². The second-order valence-corrected chi connectivity index (χ2v) is 15.0. The van der Waals surface area contributed by atoms with Gasteiger partial charge in [-0.3, -0.25) is 14.8 Å². The second kappa shape index (κ2) is 14.1. The van der Waals surface area contributed by atoms with Gasteiger partial charge in [-0.15, -0.1) is 0 Å². The third-order valence-corrected chi connectivity index (χ3v) is 9.85. The van der Waals surface area contributed by atoms with Crippen LogP contribution in [0.4, 0.5) is 10.5 Å². The predicted octanol–water partition coefficient (Wildman–Crippen LogP) is 5.54. The van der Waals surface area contributed by atoms with Crippen molar-refractivity contribution < 1.29 is 34.2 Å². The molecule has 1 aromatic carbocycles. The summed E-state index contributed by atoms with van der Waals surface area (Å²) in [5.41, 5.74) is 4.04. The molecule has 48 heavy (non-hydrogen) atoms. The van der Waals surface area contributed by atoms with Gasteiger partial charge in [-0.25, -0.2) is 10.0 Å². The van der Waals surface area contributed by atoms with E-state index in [4.69, 9.17) is 0 Å². The normalized spacial score (nSPS) is 18.7. The maximum absolute atomic E-state index is 14.1. The Kier molecular flexibility index (Phi) is 10.8. The van der Waals surface area contributed by atoms with E-state index in [1.165, 1.54) is 0 Å². The van der Waals surface area contributed by atoms with Crippen LogP contribution in [-0.2, 0) is 16.1 Å². The summed E-state index contributed by atoms with van der Waals surface area (Å²) >= 11 is 0. The lowest BCUT2D eigenvalue weighted by Crippen LogP contribution is -2.63. The molecule has 2 saturated heterocycles. The zero-order chi connectivity index (χ0) is 35.6. The topological polar surface area (TPSA) is 126 Å². The number of aromatic nitrogens is 1. The van der Waals surface area contributed by atoms with Crippen molar-refractivity contribution >= 4 is 23.5 Å². The van der Waals surface area contributed by atoms with E-state index in [9.17, 15) is 24.8 Å². The number of carbonyl (C=O) groups is 3. The van der Waals surface area contributed by atoms with Gasteiger partial charge in [0.25, 0.3) is 11.6 Å². The quantitative estimate of drug-likeness (QED) is 0.102. The maximum Gasteiger partial charge on any atom is 0.323 e.